The Labute approximate surface area is 170 Å². The number of para-hydroxylation sites is 1. The molecule has 2 aromatic carbocycles. The molecule has 0 atom stereocenters. The molecule has 8 nitrogen and oxygen atoms in total. The number of nitrogens with zero attached hydrogens (tertiary/aromatic N) is 4. The quantitative estimate of drug-likeness (QED) is 0.541. The topological polar surface area (TPSA) is 106 Å². The molecule has 29 heavy (non-hydrogen) atoms. The van der Waals surface area contributed by atoms with Crippen LogP contribution < -0.4 is 10.9 Å². The summed E-state index contributed by atoms with van der Waals surface area (Å²) in [4.78, 5) is 31.3. The molecule has 4 rings (SSSR count). The van der Waals surface area contributed by atoms with E-state index in [9.17, 15) is 9.59 Å². The van der Waals surface area contributed by atoms with Crippen molar-refractivity contribution in [3.8, 4) is 17.1 Å². The summed E-state index contributed by atoms with van der Waals surface area (Å²) >= 11 is 6.15. The Kier molecular flexibility index (Phi) is 4.92. The van der Waals surface area contributed by atoms with Crippen molar-refractivity contribution < 1.29 is 4.79 Å². The van der Waals surface area contributed by atoms with Gasteiger partial charge in [-0.25, -0.2) is 9.67 Å². The Morgan fingerprint density at radius 2 is 1.97 bits per heavy atom. The summed E-state index contributed by atoms with van der Waals surface area (Å²) < 4.78 is 1.44. The van der Waals surface area contributed by atoms with E-state index in [0.717, 1.165) is 0 Å². The third kappa shape index (κ3) is 4.07. The molecule has 0 fully saturated rings. The summed E-state index contributed by atoms with van der Waals surface area (Å²) in [7, 11) is 0. The molecule has 2 N–H and O–H groups in total. The van der Waals surface area contributed by atoms with Crippen molar-refractivity contribution in [2.24, 2.45) is 0 Å². The van der Waals surface area contributed by atoms with Crippen molar-refractivity contribution in [1.29, 1.82) is 0 Å². The lowest BCUT2D eigenvalue weighted by Crippen LogP contribution is -2.13. The van der Waals surface area contributed by atoms with Crippen molar-refractivity contribution >= 4 is 23.2 Å². The maximum Gasteiger partial charge on any atom is 0.277 e. The van der Waals surface area contributed by atoms with Crippen LogP contribution in [0.15, 0.2) is 65.6 Å². The van der Waals surface area contributed by atoms with Crippen molar-refractivity contribution in [2.45, 2.75) is 6.92 Å². The van der Waals surface area contributed by atoms with Crippen molar-refractivity contribution in [2.75, 3.05) is 5.32 Å². The second-order valence-corrected chi connectivity index (χ2v) is 6.68. The number of carbonyl (C=O) groups excluding carboxylic acids is 1. The van der Waals surface area contributed by atoms with E-state index in [1.165, 1.54) is 16.9 Å². The largest absolute Gasteiger partial charge is 0.321 e. The summed E-state index contributed by atoms with van der Waals surface area (Å²) in [5.74, 6) is 0.00177. The number of nitrogens with one attached hydrogen (secondary N) is 2. The van der Waals surface area contributed by atoms with Crippen LogP contribution in [0.5, 0.6) is 0 Å². The Balaban J connectivity index is 1.57. The molecular formula is C20H15ClN6O2. The lowest BCUT2D eigenvalue weighted by molar-refractivity contribution is 0.102. The van der Waals surface area contributed by atoms with Crippen LogP contribution in [0.4, 0.5) is 5.69 Å². The molecule has 0 aliphatic carbocycles. The molecular weight excluding hydrogens is 392 g/mol. The first-order valence-electron chi connectivity index (χ1n) is 8.66. The number of carbonyl (C=O) groups is 1. The molecule has 2 heterocycles. The molecule has 0 radical (unpaired) electrons. The minimum absolute atomic E-state index is 0.136. The number of aromatic nitrogens is 5. The second kappa shape index (κ2) is 7.69. The summed E-state index contributed by atoms with van der Waals surface area (Å²) in [6, 6.07) is 15.5. The zero-order valence-electron chi connectivity index (χ0n) is 15.3. The predicted molar refractivity (Wildman–Crippen MR) is 109 cm³/mol. The SMILES string of the molecule is Cc1cc(=O)[nH]c(-c2cccc(NC(=O)c3cn(-c4ccccc4Cl)nn3)c2)n1. The van der Waals surface area contributed by atoms with E-state index in [4.69, 9.17) is 11.6 Å². The fourth-order valence-corrected chi connectivity index (χ4v) is 3.00. The van der Waals surface area contributed by atoms with Crippen LogP contribution in [-0.2, 0) is 0 Å². The highest BCUT2D eigenvalue weighted by molar-refractivity contribution is 6.32. The van der Waals surface area contributed by atoms with Gasteiger partial charge in [0.15, 0.2) is 5.69 Å². The van der Waals surface area contributed by atoms with E-state index in [1.54, 1.807) is 49.4 Å². The third-order valence-corrected chi connectivity index (χ3v) is 4.41. The average molecular weight is 407 g/mol. The first-order valence-corrected chi connectivity index (χ1v) is 9.04. The van der Waals surface area contributed by atoms with Crippen LogP contribution in [0.3, 0.4) is 0 Å². The van der Waals surface area contributed by atoms with Crippen LogP contribution in [0.2, 0.25) is 5.02 Å². The van der Waals surface area contributed by atoms with Crippen molar-refractivity contribution in [3.63, 3.8) is 0 Å². The fraction of sp³-hybridized carbons (Fsp3) is 0.0500. The van der Waals surface area contributed by atoms with Crippen LogP contribution in [0.1, 0.15) is 16.2 Å². The smallest absolute Gasteiger partial charge is 0.277 e. The molecule has 144 valence electrons. The number of anilines is 1. The first-order chi connectivity index (χ1) is 14.0. The van der Waals surface area contributed by atoms with Gasteiger partial charge in [0.05, 0.1) is 16.9 Å². The minimum Gasteiger partial charge on any atom is -0.321 e. The van der Waals surface area contributed by atoms with Gasteiger partial charge in [-0.15, -0.1) is 5.10 Å². The molecule has 4 aromatic rings. The molecule has 0 spiro atoms. The van der Waals surface area contributed by atoms with E-state index in [0.29, 0.717) is 33.5 Å². The number of halogens is 1. The molecule has 0 saturated heterocycles. The zero-order chi connectivity index (χ0) is 20.4. The van der Waals surface area contributed by atoms with Gasteiger partial charge in [-0.2, -0.15) is 0 Å². The highest BCUT2D eigenvalue weighted by Gasteiger charge is 2.14. The highest BCUT2D eigenvalue weighted by atomic mass is 35.5. The highest BCUT2D eigenvalue weighted by Crippen LogP contribution is 2.21. The van der Waals surface area contributed by atoms with Crippen molar-refractivity contribution in [1.82, 2.24) is 25.0 Å². The van der Waals surface area contributed by atoms with Gasteiger partial charge < -0.3 is 10.3 Å². The van der Waals surface area contributed by atoms with E-state index < -0.39 is 5.91 Å². The fourth-order valence-electron chi connectivity index (χ4n) is 2.78. The molecule has 1 amide bonds. The molecule has 0 aliphatic rings. The summed E-state index contributed by atoms with van der Waals surface area (Å²) in [5.41, 5.74) is 2.33. The molecule has 0 aliphatic heterocycles. The van der Waals surface area contributed by atoms with Gasteiger partial charge in [-0.3, -0.25) is 9.59 Å². The number of hydrogen-bond donors (Lipinski definition) is 2. The van der Waals surface area contributed by atoms with Gasteiger partial charge in [0, 0.05) is 23.0 Å². The van der Waals surface area contributed by atoms with Crippen LogP contribution in [0, 0.1) is 6.92 Å². The van der Waals surface area contributed by atoms with Gasteiger partial charge in [-0.1, -0.05) is 41.1 Å². The van der Waals surface area contributed by atoms with Crippen molar-refractivity contribution in [3.05, 3.63) is 87.6 Å². The second-order valence-electron chi connectivity index (χ2n) is 6.27. The normalized spacial score (nSPS) is 10.7. The van der Waals surface area contributed by atoms with Gasteiger partial charge in [-0.05, 0) is 31.2 Å². The monoisotopic (exact) mass is 406 g/mol. The summed E-state index contributed by atoms with van der Waals surface area (Å²) in [5, 5.41) is 11.1. The minimum atomic E-state index is -0.425. The number of rotatable bonds is 4. The van der Waals surface area contributed by atoms with Crippen LogP contribution in [0.25, 0.3) is 17.1 Å². The number of aryl methyl sites for hydroxylation is 1. The van der Waals surface area contributed by atoms with Crippen LogP contribution >= 0.6 is 11.6 Å². The Morgan fingerprint density at radius 1 is 1.14 bits per heavy atom. The van der Waals surface area contributed by atoms with E-state index in [1.807, 2.05) is 6.07 Å². The van der Waals surface area contributed by atoms with Gasteiger partial charge in [0.25, 0.3) is 11.5 Å². The van der Waals surface area contributed by atoms with E-state index in [-0.39, 0.29) is 11.3 Å². The van der Waals surface area contributed by atoms with Gasteiger partial charge >= 0.3 is 0 Å². The summed E-state index contributed by atoms with van der Waals surface area (Å²) in [6.07, 6.45) is 1.50. The number of hydrogen-bond acceptors (Lipinski definition) is 5. The Morgan fingerprint density at radius 3 is 2.76 bits per heavy atom. The zero-order valence-corrected chi connectivity index (χ0v) is 16.0. The number of benzene rings is 2. The maximum atomic E-state index is 12.6. The molecule has 2 aromatic heterocycles. The number of amides is 1. The molecule has 0 bridgehead atoms. The lowest BCUT2D eigenvalue weighted by atomic mass is 10.2. The molecule has 0 unspecified atom stereocenters. The van der Waals surface area contributed by atoms with Gasteiger partial charge in [0.1, 0.15) is 5.82 Å². The lowest BCUT2D eigenvalue weighted by Gasteiger charge is -2.06. The number of H-pyrrole nitrogens is 1. The predicted octanol–water partition coefficient (Wildman–Crippen LogP) is 3.23. The average Bonchev–Trinajstić information content (AvgIpc) is 3.18. The van der Waals surface area contributed by atoms with E-state index in [2.05, 4.69) is 25.6 Å². The number of aromatic amines is 1. The first kappa shape index (κ1) is 18.6. The van der Waals surface area contributed by atoms with Crippen LogP contribution in [-0.4, -0.2) is 30.9 Å². The summed E-state index contributed by atoms with van der Waals surface area (Å²) in [6.45, 7) is 1.74. The standard InChI is InChI=1S/C20H15ClN6O2/c1-12-9-18(28)24-19(22-12)13-5-4-6-14(10-13)23-20(29)16-11-27(26-25-16)17-8-3-2-7-15(17)21/h2-11H,1H3,(H,23,29)(H,22,24,28). The van der Waals surface area contributed by atoms with E-state index >= 15 is 0 Å². The molecule has 9 heteroatoms. The third-order valence-electron chi connectivity index (χ3n) is 4.09. The van der Waals surface area contributed by atoms with Gasteiger partial charge in [0.2, 0.25) is 0 Å². The molecule has 0 saturated carbocycles. The Bertz CT molecular complexity index is 1260. The maximum absolute atomic E-state index is 12.6. The Hall–Kier alpha value is -3.78.